The molecule has 0 radical (unpaired) electrons. The first kappa shape index (κ1) is 17.3. The van der Waals surface area contributed by atoms with Gasteiger partial charge in [0.25, 0.3) is 0 Å². The number of nitrogens with one attached hydrogen (secondary N) is 1. The lowest BCUT2D eigenvalue weighted by Gasteiger charge is -2.46. The molecule has 0 saturated carbocycles. The highest BCUT2D eigenvalue weighted by atomic mass is 32.2. The molecule has 1 rings (SSSR count). The Balaban J connectivity index is 3.20. The molecule has 0 bridgehead atoms. The summed E-state index contributed by atoms with van der Waals surface area (Å²) in [7, 11) is -5.64. The summed E-state index contributed by atoms with van der Waals surface area (Å²) in [5.74, 6) is -0.667. The van der Waals surface area contributed by atoms with Crippen molar-refractivity contribution in [2.24, 2.45) is 11.3 Å². The fourth-order valence-corrected chi connectivity index (χ4v) is 3.27. The molecule has 0 spiro atoms. The van der Waals surface area contributed by atoms with E-state index in [2.05, 4.69) is 9.50 Å². The van der Waals surface area contributed by atoms with Gasteiger partial charge in [0.1, 0.15) is 5.76 Å². The number of alkyl halides is 3. The molecule has 0 aromatic heterocycles. The van der Waals surface area contributed by atoms with Crippen molar-refractivity contribution in [2.75, 3.05) is 6.54 Å². The van der Waals surface area contributed by atoms with Crippen LogP contribution in [0.2, 0.25) is 0 Å². The average Bonchev–Trinajstić information content (AvgIpc) is 2.10. The normalized spacial score (nSPS) is 24.2. The molecular formula is C12H20F3NO3S. The third kappa shape index (κ3) is 3.46. The Kier molecular flexibility index (Phi) is 4.24. The van der Waals surface area contributed by atoms with Crippen molar-refractivity contribution in [2.45, 2.75) is 45.7 Å². The van der Waals surface area contributed by atoms with Crippen LogP contribution in [-0.4, -0.2) is 26.0 Å². The summed E-state index contributed by atoms with van der Waals surface area (Å²) in [4.78, 5) is 0. The number of rotatable bonds is 2. The molecule has 0 aromatic rings. The summed E-state index contributed by atoms with van der Waals surface area (Å²) in [5.41, 5.74) is -6.47. The fraction of sp³-hybridized carbons (Fsp3) is 0.833. The monoisotopic (exact) mass is 315 g/mol. The fourth-order valence-electron chi connectivity index (χ4n) is 2.76. The van der Waals surface area contributed by atoms with Crippen LogP contribution < -0.4 is 5.32 Å². The van der Waals surface area contributed by atoms with Gasteiger partial charge in [0.15, 0.2) is 0 Å². The van der Waals surface area contributed by atoms with Crippen molar-refractivity contribution in [1.29, 1.82) is 0 Å². The highest BCUT2D eigenvalue weighted by Gasteiger charge is 2.52. The van der Waals surface area contributed by atoms with Crippen LogP contribution in [0.3, 0.4) is 0 Å². The quantitative estimate of drug-likeness (QED) is 0.629. The molecule has 0 amide bonds. The first-order chi connectivity index (χ1) is 8.68. The lowest BCUT2D eigenvalue weighted by molar-refractivity contribution is -0.0540. The van der Waals surface area contributed by atoms with Crippen molar-refractivity contribution in [3.63, 3.8) is 0 Å². The maximum atomic E-state index is 12.4. The second-order valence-corrected chi connectivity index (χ2v) is 8.03. The molecule has 1 atom stereocenters. The molecule has 1 N–H and O–H groups in total. The van der Waals surface area contributed by atoms with Gasteiger partial charge in [-0.05, 0) is 25.3 Å². The molecule has 0 fully saturated rings. The van der Waals surface area contributed by atoms with E-state index in [1.54, 1.807) is 13.8 Å². The molecule has 1 heterocycles. The second-order valence-electron chi connectivity index (χ2n) is 6.49. The minimum absolute atomic E-state index is 0.154. The van der Waals surface area contributed by atoms with Crippen molar-refractivity contribution >= 4 is 10.1 Å². The van der Waals surface area contributed by atoms with Gasteiger partial charge in [0.2, 0.25) is 0 Å². The maximum Gasteiger partial charge on any atom is 0.534 e. The van der Waals surface area contributed by atoms with Gasteiger partial charge in [-0.25, -0.2) is 0 Å². The molecule has 0 aromatic carbocycles. The first-order valence-corrected chi connectivity index (χ1v) is 7.55. The van der Waals surface area contributed by atoms with Crippen LogP contribution in [0.15, 0.2) is 11.8 Å². The van der Waals surface area contributed by atoms with Crippen molar-refractivity contribution in [1.82, 2.24) is 5.32 Å². The molecule has 8 heteroatoms. The SMILES string of the molecule is CC(C)(C)C1C(OS(=O)(=O)C(F)(F)F)=CCNC1(C)C. The van der Waals surface area contributed by atoms with Crippen LogP contribution in [0, 0.1) is 11.3 Å². The van der Waals surface area contributed by atoms with E-state index in [0.717, 1.165) is 0 Å². The van der Waals surface area contributed by atoms with Gasteiger partial charge in [0, 0.05) is 18.0 Å². The zero-order valence-corrected chi connectivity index (χ0v) is 12.9. The van der Waals surface area contributed by atoms with E-state index in [1.807, 2.05) is 20.8 Å². The molecule has 20 heavy (non-hydrogen) atoms. The molecule has 1 unspecified atom stereocenters. The summed E-state index contributed by atoms with van der Waals surface area (Å²) < 4.78 is 64.1. The van der Waals surface area contributed by atoms with Crippen LogP contribution in [0.5, 0.6) is 0 Å². The van der Waals surface area contributed by atoms with Crippen LogP contribution in [0.25, 0.3) is 0 Å². The van der Waals surface area contributed by atoms with Gasteiger partial charge in [-0.1, -0.05) is 20.8 Å². The predicted octanol–water partition coefficient (Wildman–Crippen LogP) is 2.78. The van der Waals surface area contributed by atoms with Gasteiger partial charge >= 0.3 is 15.6 Å². The van der Waals surface area contributed by atoms with Crippen LogP contribution in [-0.2, 0) is 14.3 Å². The van der Waals surface area contributed by atoms with Crippen molar-refractivity contribution < 1.29 is 25.8 Å². The van der Waals surface area contributed by atoms with Gasteiger partial charge < -0.3 is 9.50 Å². The van der Waals surface area contributed by atoms with E-state index in [4.69, 9.17) is 0 Å². The predicted molar refractivity (Wildman–Crippen MR) is 69.2 cm³/mol. The summed E-state index contributed by atoms with van der Waals surface area (Å²) in [6, 6.07) is 0. The molecule has 1 aliphatic rings. The Labute approximate surface area is 117 Å². The zero-order chi connectivity index (χ0) is 16.0. The van der Waals surface area contributed by atoms with Gasteiger partial charge in [0.05, 0.1) is 0 Å². The van der Waals surface area contributed by atoms with E-state index in [9.17, 15) is 21.6 Å². The van der Waals surface area contributed by atoms with E-state index >= 15 is 0 Å². The second kappa shape index (κ2) is 4.91. The van der Waals surface area contributed by atoms with E-state index in [-0.39, 0.29) is 12.3 Å². The van der Waals surface area contributed by atoms with Gasteiger partial charge in [-0.15, -0.1) is 0 Å². The molecular weight excluding hydrogens is 295 g/mol. The lowest BCUT2D eigenvalue weighted by atomic mass is 9.68. The Morgan fingerprint density at radius 1 is 1.30 bits per heavy atom. The Morgan fingerprint density at radius 3 is 2.20 bits per heavy atom. The summed E-state index contributed by atoms with van der Waals surface area (Å²) in [5, 5.41) is 3.14. The zero-order valence-electron chi connectivity index (χ0n) is 12.1. The number of hydrogen-bond acceptors (Lipinski definition) is 4. The third-order valence-electron chi connectivity index (χ3n) is 3.22. The minimum atomic E-state index is -5.64. The van der Waals surface area contributed by atoms with Gasteiger partial charge in [-0.3, -0.25) is 0 Å². The van der Waals surface area contributed by atoms with Crippen molar-refractivity contribution in [3.8, 4) is 0 Å². The highest BCUT2D eigenvalue weighted by Crippen LogP contribution is 2.43. The van der Waals surface area contributed by atoms with E-state index < -0.39 is 32.5 Å². The summed E-state index contributed by atoms with van der Waals surface area (Å²) in [6.07, 6.45) is 1.35. The lowest BCUT2D eigenvalue weighted by Crippen LogP contribution is -2.54. The molecule has 0 saturated heterocycles. The van der Waals surface area contributed by atoms with Gasteiger partial charge in [-0.2, -0.15) is 21.6 Å². The summed E-state index contributed by atoms with van der Waals surface area (Å²) in [6.45, 7) is 9.33. The Bertz CT molecular complexity index is 501. The third-order valence-corrected chi connectivity index (χ3v) is 4.20. The van der Waals surface area contributed by atoms with Crippen molar-refractivity contribution in [3.05, 3.63) is 11.8 Å². The van der Waals surface area contributed by atoms with Crippen LogP contribution >= 0.6 is 0 Å². The standard InChI is InChI=1S/C12H20F3NO3S/c1-10(2,3)9-8(6-7-16-11(9,4)5)19-20(17,18)12(13,14)15/h6,9,16H,7H2,1-5H3. The first-order valence-electron chi connectivity index (χ1n) is 6.14. The molecule has 0 aliphatic carbocycles. The van der Waals surface area contributed by atoms with E-state index in [0.29, 0.717) is 0 Å². The molecule has 118 valence electrons. The average molecular weight is 315 g/mol. The van der Waals surface area contributed by atoms with Crippen LogP contribution in [0.1, 0.15) is 34.6 Å². The van der Waals surface area contributed by atoms with E-state index in [1.165, 1.54) is 6.08 Å². The Hall–Kier alpha value is -0.760. The molecule has 1 aliphatic heterocycles. The summed E-state index contributed by atoms with van der Waals surface area (Å²) >= 11 is 0. The maximum absolute atomic E-state index is 12.4. The number of hydrogen-bond donors (Lipinski definition) is 1. The van der Waals surface area contributed by atoms with Crippen LogP contribution in [0.4, 0.5) is 13.2 Å². The smallest absolute Gasteiger partial charge is 0.380 e. The molecule has 4 nitrogen and oxygen atoms in total. The Morgan fingerprint density at radius 2 is 1.80 bits per heavy atom. The minimum Gasteiger partial charge on any atom is -0.380 e. The largest absolute Gasteiger partial charge is 0.534 e. The highest BCUT2D eigenvalue weighted by molar-refractivity contribution is 7.87. The number of halogens is 3. The topological polar surface area (TPSA) is 55.4 Å².